The van der Waals surface area contributed by atoms with Crippen molar-refractivity contribution in [1.82, 2.24) is 0 Å². The van der Waals surface area contributed by atoms with E-state index >= 15 is 0 Å². The molecule has 15 heavy (non-hydrogen) atoms. The summed E-state index contributed by atoms with van der Waals surface area (Å²) in [5.41, 5.74) is 1.29. The number of carbonyl (C=O) groups excluding carboxylic acids is 1. The average Bonchev–Trinajstić information content (AvgIpc) is 2.28. The molecule has 5 heteroatoms. The minimum Gasteiger partial charge on any atom is -0.465 e. The first-order chi connectivity index (χ1) is 7.13. The quantitative estimate of drug-likeness (QED) is 0.621. The van der Waals surface area contributed by atoms with Gasteiger partial charge < -0.3 is 4.74 Å². The molecule has 0 amide bonds. The number of alkyl halides is 1. The molecule has 0 atom stereocenters. The predicted molar refractivity (Wildman–Crippen MR) is 60.1 cm³/mol. The molecule has 0 heterocycles. The molecule has 1 aromatic rings. The zero-order valence-corrected chi connectivity index (χ0v) is 10.2. The van der Waals surface area contributed by atoms with Crippen molar-refractivity contribution >= 4 is 33.5 Å². The molecule has 0 aliphatic heterocycles. The summed E-state index contributed by atoms with van der Waals surface area (Å²) < 4.78 is 4.57. The van der Waals surface area contributed by atoms with Gasteiger partial charge in [0.15, 0.2) is 0 Å². The molecule has 0 saturated carbocycles. The number of rotatable bonds is 2. The molecule has 0 spiro atoms. The summed E-state index contributed by atoms with van der Waals surface area (Å²) in [4.78, 5) is 11.3. The van der Waals surface area contributed by atoms with Crippen molar-refractivity contribution < 1.29 is 9.53 Å². The van der Waals surface area contributed by atoms with Gasteiger partial charge in [-0.05, 0) is 17.7 Å². The molecule has 0 aromatic heterocycles. The minimum absolute atomic E-state index is 0.215. The fourth-order valence-corrected chi connectivity index (χ4v) is 1.96. The van der Waals surface area contributed by atoms with Gasteiger partial charge in [0.05, 0.1) is 29.3 Å². The van der Waals surface area contributed by atoms with Crippen LogP contribution in [0, 0.1) is 11.3 Å². The Bertz CT molecular complexity index is 440. The molecule has 3 nitrogen and oxygen atoms in total. The summed E-state index contributed by atoms with van der Waals surface area (Å²) in [6, 6.07) is 5.01. The maximum absolute atomic E-state index is 11.3. The Morgan fingerprint density at radius 3 is 2.80 bits per heavy atom. The fourth-order valence-electron chi connectivity index (χ4n) is 1.10. The number of hydrogen-bond donors (Lipinski definition) is 0. The van der Waals surface area contributed by atoms with Gasteiger partial charge in [-0.15, -0.1) is 0 Å². The van der Waals surface area contributed by atoms with E-state index in [-0.39, 0.29) is 5.56 Å². The van der Waals surface area contributed by atoms with Crippen LogP contribution in [0.15, 0.2) is 12.1 Å². The number of ether oxygens (including phenoxy) is 1. The first-order valence-electron chi connectivity index (χ1n) is 4.00. The van der Waals surface area contributed by atoms with Gasteiger partial charge in [-0.3, -0.25) is 0 Å². The maximum atomic E-state index is 11.3. The van der Waals surface area contributed by atoms with E-state index in [9.17, 15) is 4.79 Å². The molecular formula is C10H7BrClNO2. The normalized spacial score (nSPS) is 9.47. The highest BCUT2D eigenvalue weighted by molar-refractivity contribution is 9.08. The molecule has 0 bridgehead atoms. The van der Waals surface area contributed by atoms with Crippen LogP contribution < -0.4 is 0 Å². The van der Waals surface area contributed by atoms with Gasteiger partial charge in [0, 0.05) is 5.33 Å². The molecule has 0 aliphatic carbocycles. The Balaban J connectivity index is 3.38. The van der Waals surface area contributed by atoms with Crippen LogP contribution in [0.3, 0.4) is 0 Å². The number of benzene rings is 1. The lowest BCUT2D eigenvalue weighted by atomic mass is 10.1. The van der Waals surface area contributed by atoms with Gasteiger partial charge in [0.1, 0.15) is 0 Å². The van der Waals surface area contributed by atoms with Crippen LogP contribution >= 0.6 is 27.5 Å². The third kappa shape index (κ3) is 2.49. The van der Waals surface area contributed by atoms with E-state index in [1.54, 1.807) is 6.07 Å². The third-order valence-electron chi connectivity index (χ3n) is 1.83. The Morgan fingerprint density at radius 2 is 2.33 bits per heavy atom. The van der Waals surface area contributed by atoms with Gasteiger partial charge in [0.25, 0.3) is 0 Å². The van der Waals surface area contributed by atoms with Crippen LogP contribution in [0.2, 0.25) is 5.02 Å². The molecule has 0 aliphatic rings. The predicted octanol–water partition coefficient (Wildman–Crippen LogP) is 2.89. The molecule has 1 rings (SSSR count). The van der Waals surface area contributed by atoms with Crippen LogP contribution in [0.5, 0.6) is 0 Å². The van der Waals surface area contributed by atoms with Crippen molar-refractivity contribution in [2.75, 3.05) is 7.11 Å². The van der Waals surface area contributed by atoms with Crippen molar-refractivity contribution in [2.45, 2.75) is 5.33 Å². The van der Waals surface area contributed by atoms with Crippen LogP contribution in [0.1, 0.15) is 21.5 Å². The number of nitriles is 1. The molecule has 0 unspecified atom stereocenters. The van der Waals surface area contributed by atoms with Crippen LogP contribution in [0.25, 0.3) is 0 Å². The summed E-state index contributed by atoms with van der Waals surface area (Å²) in [6.07, 6.45) is 0. The van der Waals surface area contributed by atoms with Gasteiger partial charge in [-0.2, -0.15) is 5.26 Å². The third-order valence-corrected chi connectivity index (χ3v) is 2.88. The minimum atomic E-state index is -0.542. The zero-order valence-electron chi connectivity index (χ0n) is 7.88. The molecule has 0 fully saturated rings. The van der Waals surface area contributed by atoms with Crippen molar-refractivity contribution in [3.8, 4) is 6.07 Å². The van der Waals surface area contributed by atoms with Crippen LogP contribution in [0.4, 0.5) is 0 Å². The first kappa shape index (κ1) is 12.0. The smallest absolute Gasteiger partial charge is 0.339 e. The number of esters is 1. The van der Waals surface area contributed by atoms with Crippen molar-refractivity contribution in [1.29, 1.82) is 5.26 Å². The number of halogens is 2. The lowest BCUT2D eigenvalue weighted by molar-refractivity contribution is 0.0601. The number of carbonyl (C=O) groups is 1. The number of hydrogen-bond acceptors (Lipinski definition) is 3. The summed E-state index contributed by atoms with van der Waals surface area (Å²) in [7, 11) is 1.27. The van der Waals surface area contributed by atoms with E-state index in [1.807, 2.05) is 6.07 Å². The van der Waals surface area contributed by atoms with Gasteiger partial charge in [-0.25, -0.2) is 4.79 Å². The lowest BCUT2D eigenvalue weighted by Gasteiger charge is -2.06. The fraction of sp³-hybridized carbons (Fsp3) is 0.200. The van der Waals surface area contributed by atoms with Gasteiger partial charge in [0.2, 0.25) is 0 Å². The van der Waals surface area contributed by atoms with E-state index in [1.165, 1.54) is 13.2 Å². The Hall–Kier alpha value is -1.05. The number of methoxy groups -OCH3 is 1. The first-order valence-corrected chi connectivity index (χ1v) is 5.50. The Morgan fingerprint density at radius 1 is 1.67 bits per heavy atom. The number of nitrogens with zero attached hydrogens (tertiary/aromatic N) is 1. The second-order valence-corrected chi connectivity index (χ2v) is 3.67. The maximum Gasteiger partial charge on any atom is 0.339 e. The van der Waals surface area contributed by atoms with Gasteiger partial charge in [-0.1, -0.05) is 27.5 Å². The Labute approximate surface area is 101 Å². The highest BCUT2D eigenvalue weighted by Gasteiger charge is 2.15. The summed E-state index contributed by atoms with van der Waals surface area (Å²) in [5, 5.41) is 9.56. The van der Waals surface area contributed by atoms with E-state index < -0.39 is 5.97 Å². The topological polar surface area (TPSA) is 50.1 Å². The second-order valence-electron chi connectivity index (χ2n) is 2.73. The standard InChI is InChI=1S/C10H7BrClNO2/c1-15-10(14)8-3-6(5-13)2-7(4-11)9(8)12/h2-3H,4H2,1H3. The highest BCUT2D eigenvalue weighted by Crippen LogP contribution is 2.25. The summed E-state index contributed by atoms with van der Waals surface area (Å²) in [6.45, 7) is 0. The molecule has 0 N–H and O–H groups in total. The van der Waals surface area contributed by atoms with E-state index in [0.717, 1.165) is 0 Å². The van der Waals surface area contributed by atoms with E-state index in [2.05, 4.69) is 20.7 Å². The highest BCUT2D eigenvalue weighted by atomic mass is 79.9. The van der Waals surface area contributed by atoms with E-state index in [0.29, 0.717) is 21.5 Å². The van der Waals surface area contributed by atoms with Crippen molar-refractivity contribution in [2.24, 2.45) is 0 Å². The zero-order chi connectivity index (χ0) is 11.4. The summed E-state index contributed by atoms with van der Waals surface area (Å²) in [5.74, 6) is -0.542. The second kappa shape index (κ2) is 5.15. The molecule has 0 saturated heterocycles. The molecule has 1 aromatic carbocycles. The lowest BCUT2D eigenvalue weighted by Crippen LogP contribution is -2.04. The molecule has 78 valence electrons. The molecular weight excluding hydrogens is 281 g/mol. The average molecular weight is 289 g/mol. The van der Waals surface area contributed by atoms with Crippen LogP contribution in [-0.4, -0.2) is 13.1 Å². The monoisotopic (exact) mass is 287 g/mol. The van der Waals surface area contributed by atoms with Crippen molar-refractivity contribution in [3.05, 3.63) is 33.8 Å². The molecule has 0 radical (unpaired) electrons. The summed E-state index contributed by atoms with van der Waals surface area (Å²) >= 11 is 9.20. The van der Waals surface area contributed by atoms with Gasteiger partial charge >= 0.3 is 5.97 Å². The van der Waals surface area contributed by atoms with E-state index in [4.69, 9.17) is 16.9 Å². The van der Waals surface area contributed by atoms with Crippen LogP contribution in [-0.2, 0) is 10.1 Å². The van der Waals surface area contributed by atoms with Crippen molar-refractivity contribution in [3.63, 3.8) is 0 Å². The largest absolute Gasteiger partial charge is 0.465 e. The SMILES string of the molecule is COC(=O)c1cc(C#N)cc(CBr)c1Cl. The Kier molecular flexibility index (Phi) is 4.13.